The molecule has 0 radical (unpaired) electrons. The van der Waals surface area contributed by atoms with Crippen molar-refractivity contribution in [2.45, 2.75) is 65.5 Å². The zero-order valence-corrected chi connectivity index (χ0v) is 11.5. The maximum atomic E-state index is 11.9. The minimum atomic E-state index is -0.0904. The van der Waals surface area contributed by atoms with E-state index in [4.69, 9.17) is 4.74 Å². The van der Waals surface area contributed by atoms with Crippen LogP contribution in [0.1, 0.15) is 53.4 Å². The standard InChI is InChI=1S/C14H25NO2/c1-5-17-13(16)15-11-6-7-12(15)9-10(8-11)14(2,3)4/h10-12H,5-9H2,1-4H3. The number of ether oxygens (including phenoxy) is 1. The number of amides is 1. The highest BCUT2D eigenvalue weighted by atomic mass is 16.6. The highest BCUT2D eigenvalue weighted by molar-refractivity contribution is 5.69. The van der Waals surface area contributed by atoms with E-state index in [0.717, 1.165) is 31.6 Å². The molecule has 0 spiro atoms. The largest absolute Gasteiger partial charge is 0.450 e. The Kier molecular flexibility index (Phi) is 3.37. The van der Waals surface area contributed by atoms with Gasteiger partial charge >= 0.3 is 6.09 Å². The molecule has 17 heavy (non-hydrogen) atoms. The van der Waals surface area contributed by atoms with Crippen LogP contribution in [-0.2, 0) is 4.74 Å². The first-order valence-electron chi connectivity index (χ1n) is 6.88. The molecule has 3 heteroatoms. The summed E-state index contributed by atoms with van der Waals surface area (Å²) in [5.41, 5.74) is 0.363. The summed E-state index contributed by atoms with van der Waals surface area (Å²) in [6.07, 6.45) is 4.54. The smallest absolute Gasteiger partial charge is 0.410 e. The van der Waals surface area contributed by atoms with Gasteiger partial charge in [-0.15, -0.1) is 0 Å². The number of piperidine rings is 1. The van der Waals surface area contributed by atoms with E-state index in [2.05, 4.69) is 20.8 Å². The molecule has 0 aromatic heterocycles. The van der Waals surface area contributed by atoms with E-state index >= 15 is 0 Å². The van der Waals surface area contributed by atoms with Crippen molar-refractivity contribution in [1.29, 1.82) is 0 Å². The Morgan fingerprint density at radius 3 is 2.18 bits per heavy atom. The summed E-state index contributed by atoms with van der Waals surface area (Å²) in [4.78, 5) is 13.9. The van der Waals surface area contributed by atoms with Crippen LogP contribution in [0, 0.1) is 11.3 Å². The van der Waals surface area contributed by atoms with Crippen molar-refractivity contribution in [3.05, 3.63) is 0 Å². The molecule has 2 rings (SSSR count). The molecule has 3 nitrogen and oxygen atoms in total. The van der Waals surface area contributed by atoms with Crippen LogP contribution >= 0.6 is 0 Å². The van der Waals surface area contributed by atoms with E-state index in [0.29, 0.717) is 24.1 Å². The summed E-state index contributed by atoms with van der Waals surface area (Å²) in [7, 11) is 0. The predicted octanol–water partition coefficient (Wildman–Crippen LogP) is 3.43. The quantitative estimate of drug-likeness (QED) is 0.701. The first-order valence-corrected chi connectivity index (χ1v) is 6.88. The van der Waals surface area contributed by atoms with Gasteiger partial charge in [0.2, 0.25) is 0 Å². The lowest BCUT2D eigenvalue weighted by molar-refractivity contribution is 0.0375. The van der Waals surface area contributed by atoms with Gasteiger partial charge in [0.25, 0.3) is 0 Å². The number of fused-ring (bicyclic) bond motifs is 2. The molecule has 1 amide bonds. The van der Waals surface area contributed by atoms with Gasteiger partial charge in [0.05, 0.1) is 6.61 Å². The van der Waals surface area contributed by atoms with E-state index in [1.54, 1.807) is 0 Å². The van der Waals surface area contributed by atoms with Crippen molar-refractivity contribution in [1.82, 2.24) is 4.90 Å². The van der Waals surface area contributed by atoms with Crippen molar-refractivity contribution in [3.8, 4) is 0 Å². The molecule has 2 saturated heterocycles. The number of nitrogens with zero attached hydrogens (tertiary/aromatic N) is 1. The summed E-state index contributed by atoms with van der Waals surface area (Å²) < 4.78 is 5.17. The minimum absolute atomic E-state index is 0.0904. The van der Waals surface area contributed by atoms with Gasteiger partial charge in [-0.1, -0.05) is 20.8 Å². The monoisotopic (exact) mass is 239 g/mol. The first kappa shape index (κ1) is 12.7. The SMILES string of the molecule is CCOC(=O)N1C2CCC1CC(C(C)(C)C)C2. The van der Waals surface area contributed by atoms with Gasteiger partial charge in [-0.05, 0) is 43.9 Å². The van der Waals surface area contributed by atoms with Gasteiger partial charge in [-0.2, -0.15) is 0 Å². The number of hydrogen-bond donors (Lipinski definition) is 0. The normalized spacial score (nSPS) is 32.7. The second kappa shape index (κ2) is 4.51. The van der Waals surface area contributed by atoms with E-state index in [-0.39, 0.29) is 6.09 Å². The molecule has 0 saturated carbocycles. The fourth-order valence-electron chi connectivity index (χ4n) is 3.38. The lowest BCUT2D eigenvalue weighted by Crippen LogP contribution is -2.48. The summed E-state index contributed by atoms with van der Waals surface area (Å²) in [5, 5.41) is 0. The Labute approximate surface area is 105 Å². The zero-order valence-electron chi connectivity index (χ0n) is 11.5. The Hall–Kier alpha value is -0.730. The van der Waals surface area contributed by atoms with Crippen LogP contribution in [-0.4, -0.2) is 29.7 Å². The number of carbonyl (C=O) groups is 1. The summed E-state index contributed by atoms with van der Waals surface area (Å²) in [5.74, 6) is 0.741. The molecule has 0 aromatic carbocycles. The molecular formula is C14H25NO2. The highest BCUT2D eigenvalue weighted by Crippen LogP contribution is 2.45. The lowest BCUT2D eigenvalue weighted by Gasteiger charge is -2.43. The summed E-state index contributed by atoms with van der Waals surface area (Å²) in [6, 6.07) is 0.856. The highest BCUT2D eigenvalue weighted by Gasteiger charge is 2.46. The van der Waals surface area contributed by atoms with E-state index < -0.39 is 0 Å². The second-order valence-electron chi connectivity index (χ2n) is 6.53. The molecule has 2 bridgehead atoms. The molecule has 2 aliphatic rings. The van der Waals surface area contributed by atoms with E-state index in [1.807, 2.05) is 11.8 Å². The third-order valence-electron chi connectivity index (χ3n) is 4.44. The average Bonchev–Trinajstić information content (AvgIpc) is 2.48. The number of hydrogen-bond acceptors (Lipinski definition) is 2. The predicted molar refractivity (Wildman–Crippen MR) is 67.9 cm³/mol. The molecule has 2 heterocycles. The summed E-state index contributed by atoms with van der Waals surface area (Å²) in [6.45, 7) is 9.31. The van der Waals surface area contributed by atoms with Crippen molar-refractivity contribution >= 4 is 6.09 Å². The van der Waals surface area contributed by atoms with E-state index in [1.165, 1.54) is 0 Å². The topological polar surface area (TPSA) is 29.5 Å². The zero-order chi connectivity index (χ0) is 12.6. The van der Waals surface area contributed by atoms with Gasteiger partial charge in [0, 0.05) is 12.1 Å². The number of rotatable bonds is 1. The van der Waals surface area contributed by atoms with Crippen LogP contribution in [0.4, 0.5) is 4.79 Å². The molecule has 2 aliphatic heterocycles. The Morgan fingerprint density at radius 2 is 1.76 bits per heavy atom. The number of carbonyl (C=O) groups excluding carboxylic acids is 1. The van der Waals surface area contributed by atoms with Crippen molar-refractivity contribution in [2.75, 3.05) is 6.61 Å². The molecule has 0 aliphatic carbocycles. The average molecular weight is 239 g/mol. The van der Waals surface area contributed by atoms with Crippen molar-refractivity contribution in [3.63, 3.8) is 0 Å². The molecule has 0 aromatic rings. The van der Waals surface area contributed by atoms with Crippen LogP contribution in [0.3, 0.4) is 0 Å². The fraction of sp³-hybridized carbons (Fsp3) is 0.929. The van der Waals surface area contributed by atoms with Gasteiger partial charge in [0.15, 0.2) is 0 Å². The Morgan fingerprint density at radius 1 is 1.24 bits per heavy atom. The molecular weight excluding hydrogens is 214 g/mol. The Balaban J connectivity index is 2.05. The van der Waals surface area contributed by atoms with Crippen LogP contribution in [0.15, 0.2) is 0 Å². The van der Waals surface area contributed by atoms with Crippen molar-refractivity contribution in [2.24, 2.45) is 11.3 Å². The lowest BCUT2D eigenvalue weighted by atomic mass is 9.73. The van der Waals surface area contributed by atoms with Crippen molar-refractivity contribution < 1.29 is 9.53 Å². The maximum Gasteiger partial charge on any atom is 0.410 e. The van der Waals surface area contributed by atoms with Gasteiger partial charge < -0.3 is 9.64 Å². The molecule has 2 atom stereocenters. The van der Waals surface area contributed by atoms with Crippen LogP contribution in [0.5, 0.6) is 0 Å². The molecule has 2 fully saturated rings. The second-order valence-corrected chi connectivity index (χ2v) is 6.53. The van der Waals surface area contributed by atoms with Crippen LogP contribution < -0.4 is 0 Å². The summed E-state index contributed by atoms with van der Waals surface area (Å²) >= 11 is 0. The van der Waals surface area contributed by atoms with E-state index in [9.17, 15) is 4.79 Å². The van der Waals surface area contributed by atoms with Gasteiger partial charge in [-0.3, -0.25) is 0 Å². The minimum Gasteiger partial charge on any atom is -0.450 e. The molecule has 98 valence electrons. The first-order chi connectivity index (χ1) is 7.93. The third kappa shape index (κ3) is 2.43. The maximum absolute atomic E-state index is 11.9. The van der Waals surface area contributed by atoms with Crippen LogP contribution in [0.25, 0.3) is 0 Å². The van der Waals surface area contributed by atoms with Crippen LogP contribution in [0.2, 0.25) is 0 Å². The fourth-order valence-corrected chi connectivity index (χ4v) is 3.38. The Bertz CT molecular complexity index is 281. The third-order valence-corrected chi connectivity index (χ3v) is 4.44. The van der Waals surface area contributed by atoms with Gasteiger partial charge in [-0.25, -0.2) is 4.79 Å². The molecule has 2 unspecified atom stereocenters. The van der Waals surface area contributed by atoms with Gasteiger partial charge in [0.1, 0.15) is 0 Å². The molecule has 0 N–H and O–H groups in total.